The Kier molecular flexibility index (Phi) is 12.5. The monoisotopic (exact) mass is 610 g/mol. The number of rotatable bonds is 11. The van der Waals surface area contributed by atoms with Crippen LogP contribution in [0.3, 0.4) is 0 Å². The number of fused-ring (bicyclic) bond motifs is 1. The summed E-state index contributed by atoms with van der Waals surface area (Å²) < 4.78 is 11.0. The smallest absolute Gasteiger partial charge is 0.410 e. The Morgan fingerprint density at radius 3 is 2.32 bits per heavy atom. The van der Waals surface area contributed by atoms with Crippen molar-refractivity contribution in [2.75, 3.05) is 32.7 Å². The largest absolute Gasteiger partial charge is 0.444 e. The quantitative estimate of drug-likeness (QED) is 0.317. The van der Waals surface area contributed by atoms with Gasteiger partial charge in [0.15, 0.2) is 0 Å². The van der Waals surface area contributed by atoms with E-state index in [0.717, 1.165) is 36.8 Å². The maximum Gasteiger partial charge on any atom is 0.410 e. The second kappa shape index (κ2) is 15.6. The van der Waals surface area contributed by atoms with Crippen LogP contribution in [-0.2, 0) is 20.7 Å². The van der Waals surface area contributed by atoms with Gasteiger partial charge in [0.1, 0.15) is 11.2 Å². The third-order valence-electron chi connectivity index (χ3n) is 7.42. The topological polar surface area (TPSA) is 100 Å². The molecule has 3 amide bonds. The summed E-state index contributed by atoms with van der Waals surface area (Å²) in [6.45, 7) is 17.8. The molecule has 1 saturated heterocycles. The minimum atomic E-state index is -0.629. The van der Waals surface area contributed by atoms with E-state index in [1.54, 1.807) is 4.90 Å². The van der Waals surface area contributed by atoms with Gasteiger partial charge in [0.2, 0.25) is 5.91 Å². The Morgan fingerprint density at radius 1 is 0.977 bits per heavy atom. The summed E-state index contributed by atoms with van der Waals surface area (Å²) in [5.41, 5.74) is -0.197. The van der Waals surface area contributed by atoms with Gasteiger partial charge < -0.3 is 29.9 Å². The molecule has 2 aromatic rings. The molecule has 0 aliphatic carbocycles. The lowest BCUT2D eigenvalue weighted by Crippen LogP contribution is -2.59. The molecule has 244 valence electrons. The molecule has 3 rings (SSSR count). The van der Waals surface area contributed by atoms with Crippen molar-refractivity contribution in [1.82, 2.24) is 20.4 Å². The van der Waals surface area contributed by atoms with Crippen LogP contribution in [0.1, 0.15) is 80.2 Å². The molecule has 9 nitrogen and oxygen atoms in total. The van der Waals surface area contributed by atoms with Crippen LogP contribution >= 0.6 is 0 Å². The Labute approximate surface area is 264 Å². The molecule has 1 fully saturated rings. The first-order valence-corrected chi connectivity index (χ1v) is 16.0. The lowest BCUT2D eigenvalue weighted by molar-refractivity contribution is -0.134. The minimum absolute atomic E-state index is 0.124. The molecule has 1 aliphatic rings. The van der Waals surface area contributed by atoms with E-state index in [9.17, 15) is 14.4 Å². The van der Waals surface area contributed by atoms with Crippen molar-refractivity contribution < 1.29 is 23.9 Å². The number of hydrogen-bond donors (Lipinski definition) is 2. The number of benzene rings is 2. The zero-order valence-electron chi connectivity index (χ0n) is 28.1. The lowest BCUT2D eigenvalue weighted by atomic mass is 9.96. The van der Waals surface area contributed by atoms with E-state index in [1.165, 1.54) is 5.39 Å². The van der Waals surface area contributed by atoms with Gasteiger partial charge in [0.05, 0.1) is 6.42 Å². The highest BCUT2D eigenvalue weighted by molar-refractivity contribution is 5.85. The van der Waals surface area contributed by atoms with Gasteiger partial charge in [-0.05, 0) is 83.1 Å². The Bertz CT molecular complexity index is 1250. The number of alkyl carbamates (subject to hydrolysis) is 1. The van der Waals surface area contributed by atoms with Gasteiger partial charge in [-0.15, -0.1) is 0 Å². The minimum Gasteiger partial charge on any atom is -0.444 e. The molecule has 2 N–H and O–H groups in total. The normalized spacial score (nSPS) is 17.4. The third-order valence-corrected chi connectivity index (χ3v) is 7.42. The van der Waals surface area contributed by atoms with Gasteiger partial charge >= 0.3 is 12.2 Å². The number of ether oxygens (including phenoxy) is 2. The van der Waals surface area contributed by atoms with Crippen molar-refractivity contribution in [3.63, 3.8) is 0 Å². The number of nitrogens with one attached hydrogen (secondary N) is 2. The average Bonchev–Trinajstić information content (AvgIpc) is 2.90. The summed E-state index contributed by atoms with van der Waals surface area (Å²) in [5.74, 6) is 0.632. The van der Waals surface area contributed by atoms with Gasteiger partial charge in [-0.3, -0.25) is 4.79 Å². The van der Waals surface area contributed by atoms with E-state index in [4.69, 9.17) is 9.47 Å². The van der Waals surface area contributed by atoms with Gasteiger partial charge in [-0.25, -0.2) is 9.59 Å². The third kappa shape index (κ3) is 12.0. The zero-order chi connectivity index (χ0) is 32.5. The van der Waals surface area contributed by atoms with E-state index in [2.05, 4.69) is 59.7 Å². The van der Waals surface area contributed by atoms with Crippen LogP contribution in [0.25, 0.3) is 10.8 Å². The van der Waals surface area contributed by atoms with Crippen molar-refractivity contribution >= 4 is 28.9 Å². The molecule has 9 heteroatoms. The van der Waals surface area contributed by atoms with E-state index >= 15 is 0 Å². The van der Waals surface area contributed by atoms with E-state index in [-0.39, 0.29) is 24.5 Å². The summed E-state index contributed by atoms with van der Waals surface area (Å²) >= 11 is 0. The second-order valence-electron chi connectivity index (χ2n) is 14.3. The average molecular weight is 611 g/mol. The molecular formula is C35H54N4O5. The molecule has 2 aromatic carbocycles. The maximum atomic E-state index is 13.7. The van der Waals surface area contributed by atoms with Crippen LogP contribution in [0.5, 0.6) is 0 Å². The second-order valence-corrected chi connectivity index (χ2v) is 14.3. The van der Waals surface area contributed by atoms with E-state index in [1.807, 2.05) is 53.7 Å². The summed E-state index contributed by atoms with van der Waals surface area (Å²) in [7, 11) is 0. The Morgan fingerprint density at radius 2 is 1.66 bits per heavy atom. The van der Waals surface area contributed by atoms with Crippen LogP contribution in [0.4, 0.5) is 9.59 Å². The molecule has 0 unspecified atom stereocenters. The number of hydrogen-bond acceptors (Lipinski definition) is 6. The first-order chi connectivity index (χ1) is 20.6. The number of piperazine rings is 1. The van der Waals surface area contributed by atoms with Crippen molar-refractivity contribution in [3.8, 4) is 0 Å². The number of carbonyl (C=O) groups is 3. The molecule has 1 heterocycles. The fourth-order valence-electron chi connectivity index (χ4n) is 5.50. The van der Waals surface area contributed by atoms with Crippen LogP contribution in [0.15, 0.2) is 42.5 Å². The fraction of sp³-hybridized carbons (Fsp3) is 0.629. The molecule has 0 saturated carbocycles. The van der Waals surface area contributed by atoms with Crippen LogP contribution < -0.4 is 10.6 Å². The van der Waals surface area contributed by atoms with Crippen LogP contribution in [0, 0.1) is 5.92 Å². The summed E-state index contributed by atoms with van der Waals surface area (Å²) in [6, 6.07) is 14.8. The van der Waals surface area contributed by atoms with Gasteiger partial charge in [0, 0.05) is 44.8 Å². The standard InChI is InChI=1S/C35H54N4O5/c1-25(2)20-30-23-37-29(24-39(30)31(40)22-26-15-16-27-12-9-10-13-28(27)21-26)14-11-18-38(33(42)44-35(6,7)8)19-17-36-32(41)43-34(3,4)5/h9-10,12-13,15-16,21,25,29-30,37H,11,14,17-20,22-24H2,1-8H3,(H,36,41)/t29-,30+/m0/s1. The van der Waals surface area contributed by atoms with Gasteiger partial charge in [0.25, 0.3) is 0 Å². The molecule has 0 aromatic heterocycles. The molecule has 1 aliphatic heterocycles. The summed E-state index contributed by atoms with van der Waals surface area (Å²) in [4.78, 5) is 42.5. The molecule has 44 heavy (non-hydrogen) atoms. The van der Waals surface area contributed by atoms with Crippen molar-refractivity contribution in [2.45, 2.75) is 104 Å². The number of carbonyl (C=O) groups excluding carboxylic acids is 3. The van der Waals surface area contributed by atoms with Crippen molar-refractivity contribution in [1.29, 1.82) is 0 Å². The molecular weight excluding hydrogens is 556 g/mol. The zero-order valence-corrected chi connectivity index (χ0v) is 28.1. The van der Waals surface area contributed by atoms with Crippen molar-refractivity contribution in [2.24, 2.45) is 5.92 Å². The predicted octanol–water partition coefficient (Wildman–Crippen LogP) is 6.14. The van der Waals surface area contributed by atoms with Crippen molar-refractivity contribution in [3.05, 3.63) is 48.0 Å². The predicted molar refractivity (Wildman–Crippen MR) is 176 cm³/mol. The molecule has 0 spiro atoms. The first-order valence-electron chi connectivity index (χ1n) is 16.0. The first kappa shape index (κ1) is 35.2. The molecule has 0 bridgehead atoms. The molecule has 0 radical (unpaired) electrons. The highest BCUT2D eigenvalue weighted by atomic mass is 16.6. The number of amides is 3. The number of nitrogens with zero attached hydrogens (tertiary/aromatic N) is 2. The molecule has 2 atom stereocenters. The van der Waals surface area contributed by atoms with Crippen LogP contribution in [0.2, 0.25) is 0 Å². The van der Waals surface area contributed by atoms with E-state index < -0.39 is 23.4 Å². The maximum absolute atomic E-state index is 13.7. The SMILES string of the molecule is CC(C)C[C@@H]1CN[C@@H](CCCN(CCNC(=O)OC(C)(C)C)C(=O)OC(C)(C)C)CN1C(=O)Cc1ccc2ccccc2c1. The highest BCUT2D eigenvalue weighted by Crippen LogP contribution is 2.21. The van der Waals surface area contributed by atoms with E-state index in [0.29, 0.717) is 32.0 Å². The highest BCUT2D eigenvalue weighted by Gasteiger charge is 2.32. The fourth-order valence-corrected chi connectivity index (χ4v) is 5.50. The Balaban J connectivity index is 1.60. The van der Waals surface area contributed by atoms with Gasteiger partial charge in [-0.2, -0.15) is 0 Å². The summed E-state index contributed by atoms with van der Waals surface area (Å²) in [6.07, 6.45) is 1.92. The van der Waals surface area contributed by atoms with Crippen LogP contribution in [-0.4, -0.2) is 83.9 Å². The lowest BCUT2D eigenvalue weighted by Gasteiger charge is -2.41. The Hall–Kier alpha value is -3.33. The summed E-state index contributed by atoms with van der Waals surface area (Å²) in [5, 5.41) is 8.71. The van der Waals surface area contributed by atoms with Gasteiger partial charge in [-0.1, -0.05) is 56.3 Å².